The predicted molar refractivity (Wildman–Crippen MR) is 134 cm³/mol. The lowest BCUT2D eigenvalue weighted by Crippen LogP contribution is -2.32. The van der Waals surface area contributed by atoms with Gasteiger partial charge in [-0.05, 0) is 53.9 Å². The zero-order valence-electron chi connectivity index (χ0n) is 19.5. The summed E-state index contributed by atoms with van der Waals surface area (Å²) >= 11 is 6.05. The van der Waals surface area contributed by atoms with Crippen LogP contribution < -0.4 is 4.74 Å². The van der Waals surface area contributed by atoms with E-state index in [0.717, 1.165) is 5.56 Å². The number of nitrogens with zero attached hydrogens (tertiary/aromatic N) is 1. The molecular formula is C28H26ClNO5. The van der Waals surface area contributed by atoms with Crippen molar-refractivity contribution in [3.8, 4) is 5.75 Å². The summed E-state index contributed by atoms with van der Waals surface area (Å²) in [6, 6.07) is 21.2. The summed E-state index contributed by atoms with van der Waals surface area (Å²) in [7, 11) is 1.53. The Balaban J connectivity index is 1.70. The van der Waals surface area contributed by atoms with Gasteiger partial charge >= 0.3 is 0 Å². The van der Waals surface area contributed by atoms with Crippen LogP contribution >= 0.6 is 11.6 Å². The molecule has 0 aromatic heterocycles. The quantitative estimate of drug-likeness (QED) is 0.263. The maximum Gasteiger partial charge on any atom is 0.295 e. The fourth-order valence-electron chi connectivity index (χ4n) is 4.17. The van der Waals surface area contributed by atoms with Gasteiger partial charge in [0.15, 0.2) is 0 Å². The number of hydrogen-bond acceptors (Lipinski definition) is 5. The van der Waals surface area contributed by atoms with Crippen LogP contribution in [0, 0.1) is 6.92 Å². The molecule has 6 nitrogen and oxygen atoms in total. The first-order valence-electron chi connectivity index (χ1n) is 11.2. The lowest BCUT2D eigenvalue weighted by atomic mass is 9.94. The zero-order chi connectivity index (χ0) is 24.9. The first kappa shape index (κ1) is 24.5. The number of carbonyl (C=O) groups is 2. The first-order valence-corrected chi connectivity index (χ1v) is 11.6. The van der Waals surface area contributed by atoms with Gasteiger partial charge in [0, 0.05) is 24.2 Å². The van der Waals surface area contributed by atoms with Crippen molar-refractivity contribution in [3.63, 3.8) is 0 Å². The molecule has 1 fully saturated rings. The molecule has 35 heavy (non-hydrogen) atoms. The molecule has 0 spiro atoms. The van der Waals surface area contributed by atoms with Crippen LogP contribution in [0.25, 0.3) is 5.76 Å². The van der Waals surface area contributed by atoms with Crippen LogP contribution in [0.4, 0.5) is 0 Å². The summed E-state index contributed by atoms with van der Waals surface area (Å²) in [5.41, 5.74) is 2.92. The molecule has 1 atom stereocenters. The molecule has 0 radical (unpaired) electrons. The summed E-state index contributed by atoms with van der Waals surface area (Å²) < 4.78 is 11.0. The number of aliphatic hydroxyl groups is 1. The predicted octanol–water partition coefficient (Wildman–Crippen LogP) is 5.30. The molecule has 0 aliphatic carbocycles. The zero-order valence-corrected chi connectivity index (χ0v) is 20.3. The van der Waals surface area contributed by atoms with E-state index < -0.39 is 17.7 Å². The smallest absolute Gasteiger partial charge is 0.295 e. The number of aryl methyl sites for hydroxylation is 1. The lowest BCUT2D eigenvalue weighted by molar-refractivity contribution is -0.140. The SMILES string of the molecule is COCCN1C(=O)C(=O)/C(=C(/O)c2ccc(OCc3ccccc3)cc2C)[C@@H]1c1ccc(Cl)cc1. The Hall–Kier alpha value is -3.61. The second-order valence-electron chi connectivity index (χ2n) is 8.29. The van der Waals surface area contributed by atoms with Crippen molar-refractivity contribution >= 4 is 29.1 Å². The first-order chi connectivity index (χ1) is 16.9. The molecule has 1 saturated heterocycles. The van der Waals surface area contributed by atoms with Crippen molar-refractivity contribution < 1.29 is 24.2 Å². The van der Waals surface area contributed by atoms with Gasteiger partial charge in [0.2, 0.25) is 0 Å². The highest BCUT2D eigenvalue weighted by Gasteiger charge is 2.46. The average molecular weight is 492 g/mol. The van der Waals surface area contributed by atoms with Crippen LogP contribution in [0.3, 0.4) is 0 Å². The number of ether oxygens (including phenoxy) is 2. The van der Waals surface area contributed by atoms with E-state index in [1.54, 1.807) is 42.5 Å². The fraction of sp³-hybridized carbons (Fsp3) is 0.214. The van der Waals surface area contributed by atoms with Crippen LogP contribution in [0.1, 0.15) is 28.3 Å². The largest absolute Gasteiger partial charge is 0.507 e. The van der Waals surface area contributed by atoms with Crippen molar-refractivity contribution in [2.24, 2.45) is 0 Å². The third-order valence-electron chi connectivity index (χ3n) is 5.96. The number of amides is 1. The summed E-state index contributed by atoms with van der Waals surface area (Å²) in [6.45, 7) is 2.69. The van der Waals surface area contributed by atoms with Gasteiger partial charge in [0.05, 0.1) is 18.2 Å². The number of Topliss-reactive ketones (excluding diaryl/α,β-unsaturated/α-hetero) is 1. The minimum Gasteiger partial charge on any atom is -0.507 e. The van der Waals surface area contributed by atoms with Crippen LogP contribution in [0.2, 0.25) is 5.02 Å². The maximum atomic E-state index is 13.1. The van der Waals surface area contributed by atoms with Gasteiger partial charge in [-0.15, -0.1) is 0 Å². The molecule has 1 N–H and O–H groups in total. The number of rotatable bonds is 8. The van der Waals surface area contributed by atoms with Crippen LogP contribution in [-0.4, -0.2) is 42.0 Å². The van der Waals surface area contributed by atoms with E-state index >= 15 is 0 Å². The number of ketones is 1. The summed E-state index contributed by atoms with van der Waals surface area (Å²) in [4.78, 5) is 27.4. The van der Waals surface area contributed by atoms with E-state index in [0.29, 0.717) is 34.1 Å². The van der Waals surface area contributed by atoms with Crippen LogP contribution in [0.15, 0.2) is 78.4 Å². The molecule has 1 aliphatic rings. The van der Waals surface area contributed by atoms with Crippen molar-refractivity contribution in [2.75, 3.05) is 20.3 Å². The van der Waals surface area contributed by atoms with Crippen molar-refractivity contribution in [1.29, 1.82) is 0 Å². The Kier molecular flexibility index (Phi) is 7.54. The normalized spacial score (nSPS) is 17.1. The number of benzene rings is 3. The van der Waals surface area contributed by atoms with E-state index in [1.165, 1.54) is 12.0 Å². The third-order valence-corrected chi connectivity index (χ3v) is 6.22. The Morgan fingerprint density at radius 2 is 1.74 bits per heavy atom. The highest BCUT2D eigenvalue weighted by atomic mass is 35.5. The van der Waals surface area contributed by atoms with Gasteiger partial charge in [0.25, 0.3) is 11.7 Å². The summed E-state index contributed by atoms with van der Waals surface area (Å²) in [5.74, 6) is -1.00. The van der Waals surface area contributed by atoms with Crippen molar-refractivity contribution in [2.45, 2.75) is 19.6 Å². The molecule has 0 unspecified atom stereocenters. The third kappa shape index (κ3) is 5.24. The maximum absolute atomic E-state index is 13.1. The molecule has 0 bridgehead atoms. The van der Waals surface area contributed by atoms with E-state index in [-0.39, 0.29) is 24.5 Å². The highest BCUT2D eigenvalue weighted by Crippen LogP contribution is 2.40. The topological polar surface area (TPSA) is 76.1 Å². The van der Waals surface area contributed by atoms with E-state index in [2.05, 4.69) is 0 Å². The van der Waals surface area contributed by atoms with E-state index in [9.17, 15) is 14.7 Å². The second-order valence-corrected chi connectivity index (χ2v) is 8.72. The number of hydrogen-bond donors (Lipinski definition) is 1. The average Bonchev–Trinajstić information content (AvgIpc) is 3.12. The Morgan fingerprint density at radius 3 is 2.40 bits per heavy atom. The van der Waals surface area contributed by atoms with Crippen molar-refractivity contribution in [1.82, 2.24) is 4.90 Å². The van der Waals surface area contributed by atoms with E-state index in [1.807, 2.05) is 37.3 Å². The summed E-state index contributed by atoms with van der Waals surface area (Å²) in [5, 5.41) is 11.8. The molecule has 1 heterocycles. The minimum atomic E-state index is -0.754. The summed E-state index contributed by atoms with van der Waals surface area (Å²) in [6.07, 6.45) is 0. The van der Waals surface area contributed by atoms with Crippen molar-refractivity contribution in [3.05, 3.63) is 106 Å². The van der Waals surface area contributed by atoms with Gasteiger partial charge < -0.3 is 19.5 Å². The van der Waals surface area contributed by atoms with E-state index in [4.69, 9.17) is 21.1 Å². The van der Waals surface area contributed by atoms with Gasteiger partial charge in [-0.2, -0.15) is 0 Å². The van der Waals surface area contributed by atoms with Gasteiger partial charge in [0.1, 0.15) is 18.1 Å². The number of methoxy groups -OCH3 is 1. The molecule has 7 heteroatoms. The van der Waals surface area contributed by atoms with Crippen LogP contribution in [-0.2, 0) is 20.9 Å². The molecule has 3 aromatic carbocycles. The fourth-order valence-corrected chi connectivity index (χ4v) is 4.30. The molecule has 4 rings (SSSR count). The van der Waals surface area contributed by atoms with Crippen LogP contribution in [0.5, 0.6) is 5.75 Å². The minimum absolute atomic E-state index is 0.0366. The molecule has 180 valence electrons. The van der Waals surface area contributed by atoms with Gasteiger partial charge in [-0.1, -0.05) is 54.1 Å². The Labute approximate surface area is 209 Å². The molecule has 0 saturated carbocycles. The molecule has 1 aliphatic heterocycles. The number of halogens is 1. The second kappa shape index (κ2) is 10.8. The molecule has 1 amide bonds. The number of likely N-dealkylation sites (tertiary alicyclic amines) is 1. The lowest BCUT2D eigenvalue weighted by Gasteiger charge is -2.25. The standard InChI is InChI=1S/C28H26ClNO5/c1-18-16-22(35-17-19-6-4-3-5-7-19)12-13-23(18)26(31)24-25(20-8-10-21(29)11-9-20)30(14-15-34-2)28(33)27(24)32/h3-13,16,25,31H,14-15,17H2,1-2H3/b26-24+/t25-/m0/s1. The number of aliphatic hydroxyl groups excluding tert-OH is 1. The molecular weight excluding hydrogens is 466 g/mol. The highest BCUT2D eigenvalue weighted by molar-refractivity contribution is 6.46. The molecule has 3 aromatic rings. The van der Waals surface area contributed by atoms with Gasteiger partial charge in [-0.25, -0.2) is 0 Å². The Bertz CT molecular complexity index is 1250. The number of carbonyl (C=O) groups excluding carboxylic acids is 2. The Morgan fingerprint density at radius 1 is 1.03 bits per heavy atom. The van der Waals surface area contributed by atoms with Gasteiger partial charge in [-0.3, -0.25) is 9.59 Å². The monoisotopic (exact) mass is 491 g/mol.